The fourth-order valence-corrected chi connectivity index (χ4v) is 2.55. The van der Waals surface area contributed by atoms with E-state index in [4.69, 9.17) is 0 Å². The van der Waals surface area contributed by atoms with Gasteiger partial charge in [-0.05, 0) is 18.2 Å². The number of fused-ring (bicyclic) bond motifs is 5. The highest BCUT2D eigenvalue weighted by Gasteiger charge is 2.12. The molecule has 0 aliphatic rings. The first-order valence-corrected chi connectivity index (χ1v) is 6.18. The zero-order valence-corrected chi connectivity index (χ0v) is 10.3. The fourth-order valence-electron chi connectivity index (χ4n) is 2.55. The number of rotatable bonds is 0. The van der Waals surface area contributed by atoms with Crippen LogP contribution in [0.25, 0.3) is 27.5 Å². The molecule has 0 aliphatic heterocycles. The summed E-state index contributed by atoms with van der Waals surface area (Å²) in [6.45, 7) is 0. The number of nitrogens with one attached hydrogen (secondary N) is 1. The van der Waals surface area contributed by atoms with Crippen LogP contribution in [-0.4, -0.2) is 14.4 Å². The number of hydrogen-bond donors (Lipinski definition) is 1. The molecule has 3 aromatic heterocycles. The smallest absolute Gasteiger partial charge is 0.286 e. The first kappa shape index (κ1) is 10.9. The third-order valence-corrected chi connectivity index (χ3v) is 3.40. The third-order valence-electron chi connectivity index (χ3n) is 3.40. The SMILES string of the molecule is O=c1nc2ccccn2c2c1c(=O)[nH]c1ccccc12. The Morgan fingerprint density at radius 2 is 1.80 bits per heavy atom. The van der Waals surface area contributed by atoms with E-state index < -0.39 is 11.1 Å². The molecule has 5 heteroatoms. The summed E-state index contributed by atoms with van der Waals surface area (Å²) in [5, 5.41) is 0.912. The predicted octanol–water partition coefficient (Wildman–Crippen LogP) is 1.69. The van der Waals surface area contributed by atoms with Gasteiger partial charge in [-0.1, -0.05) is 24.3 Å². The maximum atomic E-state index is 12.1. The second-order valence-corrected chi connectivity index (χ2v) is 4.57. The molecular weight excluding hydrogens is 254 g/mol. The Morgan fingerprint density at radius 1 is 1.00 bits per heavy atom. The van der Waals surface area contributed by atoms with Gasteiger partial charge in [-0.25, -0.2) is 0 Å². The molecule has 0 saturated carbocycles. The number of pyridine rings is 2. The Hall–Kier alpha value is -2.95. The highest BCUT2D eigenvalue weighted by Crippen LogP contribution is 2.19. The minimum Gasteiger partial charge on any atom is -0.321 e. The lowest BCUT2D eigenvalue weighted by Crippen LogP contribution is -2.20. The summed E-state index contributed by atoms with van der Waals surface area (Å²) in [7, 11) is 0. The van der Waals surface area contributed by atoms with Gasteiger partial charge in [0.15, 0.2) is 0 Å². The molecule has 4 rings (SSSR count). The van der Waals surface area contributed by atoms with Crippen molar-refractivity contribution in [2.24, 2.45) is 0 Å². The first-order valence-electron chi connectivity index (χ1n) is 6.18. The second kappa shape index (κ2) is 3.77. The monoisotopic (exact) mass is 263 g/mol. The molecule has 3 heterocycles. The third kappa shape index (κ3) is 1.34. The molecule has 0 spiro atoms. The van der Waals surface area contributed by atoms with Gasteiger partial charge >= 0.3 is 0 Å². The summed E-state index contributed by atoms with van der Waals surface area (Å²) >= 11 is 0. The van der Waals surface area contributed by atoms with Gasteiger partial charge in [0.25, 0.3) is 11.1 Å². The molecule has 4 aromatic rings. The van der Waals surface area contributed by atoms with Crippen LogP contribution in [0.5, 0.6) is 0 Å². The normalized spacial score (nSPS) is 11.4. The Kier molecular flexibility index (Phi) is 2.06. The Morgan fingerprint density at radius 3 is 2.70 bits per heavy atom. The summed E-state index contributed by atoms with van der Waals surface area (Å²) in [4.78, 5) is 30.9. The van der Waals surface area contributed by atoms with Gasteiger partial charge in [0, 0.05) is 11.6 Å². The summed E-state index contributed by atoms with van der Waals surface area (Å²) in [6.07, 6.45) is 1.80. The van der Waals surface area contributed by atoms with E-state index in [1.807, 2.05) is 36.4 Å². The second-order valence-electron chi connectivity index (χ2n) is 4.57. The summed E-state index contributed by atoms with van der Waals surface area (Å²) in [5.74, 6) is 0. The number of benzene rings is 1. The maximum absolute atomic E-state index is 12.1. The molecule has 0 fully saturated rings. The van der Waals surface area contributed by atoms with Crippen molar-refractivity contribution >= 4 is 27.5 Å². The lowest BCUT2D eigenvalue weighted by Gasteiger charge is -2.07. The number of nitrogens with zero attached hydrogens (tertiary/aromatic N) is 2. The van der Waals surface area contributed by atoms with Crippen LogP contribution in [0, 0.1) is 0 Å². The minimum absolute atomic E-state index is 0.0902. The molecule has 1 N–H and O–H groups in total. The average molecular weight is 263 g/mol. The van der Waals surface area contributed by atoms with Crippen LogP contribution in [0.4, 0.5) is 0 Å². The zero-order chi connectivity index (χ0) is 13.7. The van der Waals surface area contributed by atoms with E-state index >= 15 is 0 Å². The van der Waals surface area contributed by atoms with Gasteiger partial charge in [0.1, 0.15) is 11.0 Å². The molecule has 0 atom stereocenters. The Bertz CT molecular complexity index is 1010. The lowest BCUT2D eigenvalue weighted by atomic mass is 10.1. The number of aromatic amines is 1. The van der Waals surface area contributed by atoms with Gasteiger partial charge in [-0.15, -0.1) is 0 Å². The largest absolute Gasteiger partial charge is 0.321 e. The van der Waals surface area contributed by atoms with Crippen LogP contribution in [-0.2, 0) is 0 Å². The maximum Gasteiger partial charge on any atom is 0.286 e. The van der Waals surface area contributed by atoms with Crippen molar-refractivity contribution in [1.29, 1.82) is 0 Å². The molecule has 1 aromatic carbocycles. The standard InChI is InChI=1S/C15H9N3O2/c19-14-12-13(9-5-1-2-6-10(9)16-14)18-8-4-3-7-11(18)17-15(12)20/h1-8H,(H,16,19). The number of H-pyrrole nitrogens is 1. The van der Waals surface area contributed by atoms with Gasteiger partial charge in [-0.2, -0.15) is 4.98 Å². The van der Waals surface area contributed by atoms with Crippen LogP contribution in [0.1, 0.15) is 0 Å². The predicted molar refractivity (Wildman–Crippen MR) is 77.1 cm³/mol. The molecule has 0 unspecified atom stereocenters. The molecule has 0 bridgehead atoms. The van der Waals surface area contributed by atoms with E-state index in [2.05, 4.69) is 9.97 Å². The minimum atomic E-state index is -0.502. The van der Waals surface area contributed by atoms with E-state index in [0.717, 1.165) is 5.39 Å². The molecule has 96 valence electrons. The van der Waals surface area contributed by atoms with E-state index in [-0.39, 0.29) is 5.39 Å². The summed E-state index contributed by atoms with van der Waals surface area (Å²) in [5.41, 5.74) is 0.918. The molecule has 20 heavy (non-hydrogen) atoms. The van der Waals surface area contributed by atoms with Gasteiger partial charge < -0.3 is 9.38 Å². The van der Waals surface area contributed by atoms with Crippen LogP contribution in [0.15, 0.2) is 58.3 Å². The van der Waals surface area contributed by atoms with Crippen molar-refractivity contribution in [3.8, 4) is 0 Å². The highest BCUT2D eigenvalue weighted by atomic mass is 16.1. The quantitative estimate of drug-likeness (QED) is 0.491. The van der Waals surface area contributed by atoms with Crippen molar-refractivity contribution in [2.75, 3.05) is 0 Å². The summed E-state index contributed by atoms with van der Waals surface area (Å²) in [6, 6.07) is 12.8. The molecule has 0 amide bonds. The summed E-state index contributed by atoms with van der Waals surface area (Å²) < 4.78 is 1.77. The average Bonchev–Trinajstić information content (AvgIpc) is 2.46. The lowest BCUT2D eigenvalue weighted by molar-refractivity contribution is 1.13. The topological polar surface area (TPSA) is 67.2 Å². The fraction of sp³-hybridized carbons (Fsp3) is 0. The molecule has 5 nitrogen and oxygen atoms in total. The van der Waals surface area contributed by atoms with Crippen molar-refractivity contribution in [3.05, 3.63) is 69.4 Å². The molecular formula is C15H9N3O2. The first-order chi connectivity index (χ1) is 9.75. The zero-order valence-electron chi connectivity index (χ0n) is 10.3. The van der Waals surface area contributed by atoms with Crippen LogP contribution >= 0.6 is 0 Å². The van der Waals surface area contributed by atoms with Gasteiger partial charge in [0.2, 0.25) is 0 Å². The Balaban J connectivity index is 2.51. The van der Waals surface area contributed by atoms with Crippen molar-refractivity contribution < 1.29 is 0 Å². The highest BCUT2D eigenvalue weighted by molar-refractivity contribution is 6.03. The van der Waals surface area contributed by atoms with E-state index in [0.29, 0.717) is 16.7 Å². The number of hydrogen-bond acceptors (Lipinski definition) is 3. The number of aromatic nitrogens is 3. The van der Waals surface area contributed by atoms with Crippen LogP contribution < -0.4 is 11.1 Å². The van der Waals surface area contributed by atoms with Crippen molar-refractivity contribution in [2.45, 2.75) is 0 Å². The van der Waals surface area contributed by atoms with Crippen molar-refractivity contribution in [1.82, 2.24) is 14.4 Å². The van der Waals surface area contributed by atoms with Crippen molar-refractivity contribution in [3.63, 3.8) is 0 Å². The van der Waals surface area contributed by atoms with E-state index in [9.17, 15) is 9.59 Å². The molecule has 0 aliphatic carbocycles. The number of para-hydroxylation sites is 1. The molecule has 0 saturated heterocycles. The molecule has 0 radical (unpaired) electrons. The van der Waals surface area contributed by atoms with E-state index in [1.165, 1.54) is 0 Å². The Labute approximate surface area is 112 Å². The van der Waals surface area contributed by atoms with Crippen LogP contribution in [0.2, 0.25) is 0 Å². The van der Waals surface area contributed by atoms with E-state index in [1.54, 1.807) is 16.7 Å². The van der Waals surface area contributed by atoms with Gasteiger partial charge in [0.05, 0.1) is 11.0 Å². The van der Waals surface area contributed by atoms with Crippen LogP contribution in [0.3, 0.4) is 0 Å². The van der Waals surface area contributed by atoms with Gasteiger partial charge in [-0.3, -0.25) is 9.59 Å².